The zero-order valence-corrected chi connectivity index (χ0v) is 18.1. The molecule has 0 unspecified atom stereocenters. The van der Waals surface area contributed by atoms with Crippen LogP contribution < -0.4 is 5.32 Å². The quantitative estimate of drug-likeness (QED) is 0.320. The Balaban J connectivity index is 1.81. The normalized spacial score (nSPS) is 11.0. The van der Waals surface area contributed by atoms with Gasteiger partial charge in [0.2, 0.25) is 0 Å². The first-order valence-corrected chi connectivity index (χ1v) is 10.6. The van der Waals surface area contributed by atoms with Gasteiger partial charge in [0.25, 0.3) is 0 Å². The predicted molar refractivity (Wildman–Crippen MR) is 128 cm³/mol. The van der Waals surface area contributed by atoms with Crippen LogP contribution in [-0.2, 0) is 6.42 Å². The summed E-state index contributed by atoms with van der Waals surface area (Å²) in [6.45, 7) is 1.96. The van der Waals surface area contributed by atoms with E-state index in [2.05, 4.69) is 11.4 Å². The number of pyridine rings is 1. The topological polar surface area (TPSA) is 73.3 Å². The van der Waals surface area contributed by atoms with E-state index in [0.717, 1.165) is 39.2 Å². The van der Waals surface area contributed by atoms with E-state index in [-0.39, 0.29) is 5.75 Å². The molecule has 5 nitrogen and oxygen atoms in total. The highest BCUT2D eigenvalue weighted by molar-refractivity contribution is 6.30. The van der Waals surface area contributed by atoms with E-state index in [4.69, 9.17) is 16.6 Å². The van der Waals surface area contributed by atoms with E-state index in [1.165, 1.54) is 0 Å². The summed E-state index contributed by atoms with van der Waals surface area (Å²) < 4.78 is 2.01. The average Bonchev–Trinajstić information content (AvgIpc) is 3.18. The number of rotatable bonds is 4. The first-order valence-electron chi connectivity index (χ1n) is 10.2. The van der Waals surface area contributed by atoms with Gasteiger partial charge in [-0.05, 0) is 66.6 Å². The molecule has 0 saturated carbocycles. The number of aromatic nitrogens is 2. The summed E-state index contributed by atoms with van der Waals surface area (Å²) in [6.07, 6.45) is 0.612. The summed E-state index contributed by atoms with van der Waals surface area (Å²) in [7, 11) is 0. The number of nitriles is 1. The van der Waals surface area contributed by atoms with Crippen molar-refractivity contribution in [3.05, 3.63) is 100 Å². The second kappa shape index (κ2) is 7.92. The van der Waals surface area contributed by atoms with Crippen molar-refractivity contribution >= 4 is 39.8 Å². The van der Waals surface area contributed by atoms with Crippen LogP contribution in [0, 0.1) is 18.3 Å². The lowest BCUT2D eigenvalue weighted by Crippen LogP contribution is -2.09. The number of aromatic hydroxyl groups is 1. The van der Waals surface area contributed by atoms with E-state index in [1.807, 2.05) is 72.0 Å². The molecule has 0 bridgehead atoms. The number of phenolic OH excluding ortho intramolecular Hbond substituents is 1. The van der Waals surface area contributed by atoms with Gasteiger partial charge in [-0.15, -0.1) is 0 Å². The third-order valence-corrected chi connectivity index (χ3v) is 5.91. The summed E-state index contributed by atoms with van der Waals surface area (Å²) in [5.41, 5.74) is 6.69. The predicted octanol–water partition coefficient (Wildman–Crippen LogP) is 6.36. The molecule has 0 radical (unpaired) electrons. The Hall–Kier alpha value is -4.01. The van der Waals surface area contributed by atoms with Gasteiger partial charge in [-0.25, -0.2) is 4.98 Å². The van der Waals surface area contributed by atoms with Gasteiger partial charge >= 0.3 is 0 Å². The van der Waals surface area contributed by atoms with E-state index < -0.39 is 0 Å². The van der Waals surface area contributed by atoms with E-state index in [9.17, 15) is 10.4 Å². The molecule has 2 heterocycles. The Kier molecular flexibility index (Phi) is 4.93. The molecule has 6 heteroatoms. The smallest absolute Gasteiger partial charge is 0.157 e. The molecule has 0 spiro atoms. The third-order valence-electron chi connectivity index (χ3n) is 5.66. The van der Waals surface area contributed by atoms with Crippen molar-refractivity contribution in [2.24, 2.45) is 0 Å². The van der Waals surface area contributed by atoms with Crippen molar-refractivity contribution < 1.29 is 5.11 Å². The maximum atomic E-state index is 10.0. The van der Waals surface area contributed by atoms with Crippen LogP contribution in [-0.4, -0.2) is 14.5 Å². The van der Waals surface area contributed by atoms with Gasteiger partial charge in [0.1, 0.15) is 17.6 Å². The van der Waals surface area contributed by atoms with Crippen LogP contribution in [0.5, 0.6) is 5.75 Å². The number of nitrogens with one attached hydrogen (secondary N) is 1. The second-order valence-electron chi connectivity index (χ2n) is 7.67. The Morgan fingerprint density at radius 2 is 1.75 bits per heavy atom. The van der Waals surface area contributed by atoms with Gasteiger partial charge in [-0.1, -0.05) is 35.9 Å². The molecule has 2 N–H and O–H groups in total. The molecule has 5 aromatic rings. The number of benzene rings is 3. The molecule has 0 aliphatic rings. The van der Waals surface area contributed by atoms with Gasteiger partial charge in [0.05, 0.1) is 16.6 Å². The van der Waals surface area contributed by atoms with Crippen LogP contribution >= 0.6 is 11.6 Å². The molecule has 0 saturated heterocycles. The molecular weight excluding hydrogens is 420 g/mol. The third kappa shape index (κ3) is 3.41. The van der Waals surface area contributed by atoms with E-state index in [1.54, 1.807) is 12.1 Å². The molecule has 0 amide bonds. The number of hydrogen-bond acceptors (Lipinski definition) is 4. The number of imidazole rings is 1. The van der Waals surface area contributed by atoms with Crippen LogP contribution in [0.15, 0.2) is 72.8 Å². The fourth-order valence-electron chi connectivity index (χ4n) is 4.02. The van der Waals surface area contributed by atoms with Crippen LogP contribution in [0.4, 0.5) is 11.5 Å². The number of para-hydroxylation sites is 2. The fraction of sp³-hybridized carbons (Fsp3) is 0.0769. The van der Waals surface area contributed by atoms with E-state index in [0.29, 0.717) is 22.7 Å². The zero-order chi connectivity index (χ0) is 22.2. The van der Waals surface area contributed by atoms with Crippen LogP contribution in [0.1, 0.15) is 22.3 Å². The summed E-state index contributed by atoms with van der Waals surface area (Å²) >= 11 is 6.09. The lowest BCUT2D eigenvalue weighted by atomic mass is 9.97. The monoisotopic (exact) mass is 438 g/mol. The minimum atomic E-state index is 0.200. The number of fused-ring (bicyclic) bond motifs is 3. The maximum absolute atomic E-state index is 10.0. The largest absolute Gasteiger partial charge is 0.508 e. The molecule has 0 aliphatic carbocycles. The number of halogens is 1. The van der Waals surface area contributed by atoms with Crippen molar-refractivity contribution in [1.82, 2.24) is 9.38 Å². The molecule has 32 heavy (non-hydrogen) atoms. The van der Waals surface area contributed by atoms with Gasteiger partial charge in [-0.3, -0.25) is 4.40 Å². The fourth-order valence-corrected chi connectivity index (χ4v) is 4.15. The van der Waals surface area contributed by atoms with Gasteiger partial charge in [0, 0.05) is 22.7 Å². The van der Waals surface area contributed by atoms with Crippen LogP contribution in [0.3, 0.4) is 0 Å². The molecule has 0 atom stereocenters. The van der Waals surface area contributed by atoms with Gasteiger partial charge in [0.15, 0.2) is 5.65 Å². The number of nitrogens with zero attached hydrogens (tertiary/aromatic N) is 3. The Bertz CT molecular complexity index is 1500. The Morgan fingerprint density at radius 1 is 1.03 bits per heavy atom. The number of phenols is 1. The summed E-state index contributed by atoms with van der Waals surface area (Å²) in [5.74, 6) is 1.04. The summed E-state index contributed by atoms with van der Waals surface area (Å²) in [4.78, 5) is 4.77. The highest BCUT2D eigenvalue weighted by Gasteiger charge is 2.21. The van der Waals surface area contributed by atoms with Crippen molar-refractivity contribution in [2.75, 3.05) is 5.32 Å². The Morgan fingerprint density at radius 3 is 2.47 bits per heavy atom. The van der Waals surface area contributed by atoms with Gasteiger partial charge in [-0.2, -0.15) is 5.26 Å². The number of anilines is 2. The molecule has 2 aromatic heterocycles. The van der Waals surface area contributed by atoms with Crippen LogP contribution in [0.25, 0.3) is 16.7 Å². The van der Waals surface area contributed by atoms with E-state index >= 15 is 0 Å². The second-order valence-corrected chi connectivity index (χ2v) is 8.11. The molecule has 0 aliphatic heterocycles. The minimum Gasteiger partial charge on any atom is -0.508 e. The minimum absolute atomic E-state index is 0.200. The van der Waals surface area contributed by atoms with Crippen molar-refractivity contribution in [1.29, 1.82) is 5.26 Å². The van der Waals surface area contributed by atoms with Crippen molar-refractivity contribution in [2.45, 2.75) is 13.3 Å². The number of hydrogen-bond donors (Lipinski definition) is 2. The first-order chi connectivity index (χ1) is 15.5. The average molecular weight is 439 g/mol. The SMILES string of the molecule is Cc1c(Cc2ccc(Cl)cc2)c(Nc2ccc(O)cc2)n2c(nc3ccccc32)c1C#N. The summed E-state index contributed by atoms with van der Waals surface area (Å²) in [6, 6.07) is 24.9. The Labute approximate surface area is 190 Å². The molecular formula is C26H19ClN4O. The summed E-state index contributed by atoms with van der Waals surface area (Å²) in [5, 5.41) is 23.9. The van der Waals surface area contributed by atoms with Gasteiger partial charge < -0.3 is 10.4 Å². The van der Waals surface area contributed by atoms with Crippen molar-refractivity contribution in [3.8, 4) is 11.8 Å². The highest BCUT2D eigenvalue weighted by Crippen LogP contribution is 2.34. The lowest BCUT2D eigenvalue weighted by Gasteiger charge is -2.19. The first kappa shape index (κ1) is 19.9. The highest BCUT2D eigenvalue weighted by atomic mass is 35.5. The zero-order valence-electron chi connectivity index (χ0n) is 17.3. The maximum Gasteiger partial charge on any atom is 0.157 e. The molecule has 0 fully saturated rings. The standard InChI is InChI=1S/C26H19ClN4O/c1-16-21(14-17-6-8-18(27)9-7-17)25(29-19-10-12-20(32)13-11-19)31-24-5-3-2-4-23(24)30-26(31)22(16)15-28/h2-13,29,32H,14H2,1H3. The van der Waals surface area contributed by atoms with Crippen molar-refractivity contribution in [3.63, 3.8) is 0 Å². The molecule has 5 rings (SSSR count). The molecule has 156 valence electrons. The lowest BCUT2D eigenvalue weighted by molar-refractivity contribution is 0.475. The molecule has 3 aromatic carbocycles. The van der Waals surface area contributed by atoms with Crippen LogP contribution in [0.2, 0.25) is 5.02 Å².